The number of nitro benzene ring substituents is 1. The molecule has 7 heteroatoms. The van der Waals surface area contributed by atoms with E-state index in [9.17, 15) is 14.9 Å². The molecule has 0 heterocycles. The summed E-state index contributed by atoms with van der Waals surface area (Å²) in [7, 11) is 0. The highest BCUT2D eigenvalue weighted by atomic mass is 32.2. The van der Waals surface area contributed by atoms with Crippen LogP contribution in [0.5, 0.6) is 0 Å². The van der Waals surface area contributed by atoms with Crippen molar-refractivity contribution in [2.45, 2.75) is 18.6 Å². The van der Waals surface area contributed by atoms with E-state index >= 15 is 0 Å². The van der Waals surface area contributed by atoms with Crippen LogP contribution in [-0.2, 0) is 0 Å². The lowest BCUT2D eigenvalue weighted by atomic mass is 10.1. The molecule has 0 unspecified atom stereocenters. The molecule has 0 bridgehead atoms. The van der Waals surface area contributed by atoms with Crippen molar-refractivity contribution >= 4 is 29.0 Å². The zero-order chi connectivity index (χ0) is 14.4. The number of para-hydroxylation sites is 1. The number of nitrogens with two attached hydrogens (primary N) is 1. The van der Waals surface area contributed by atoms with Crippen molar-refractivity contribution in [1.82, 2.24) is 5.32 Å². The number of nitrogens with zero attached hydrogens (tertiary/aromatic N) is 1. The maximum atomic E-state index is 11.9. The summed E-state index contributed by atoms with van der Waals surface area (Å²) in [6, 6.07) is 4.21. The Balaban J connectivity index is 2.72. The van der Waals surface area contributed by atoms with Gasteiger partial charge in [-0.05, 0) is 18.7 Å². The Bertz CT molecular complexity index is 479. The molecular weight excluding hydrogens is 266 g/mol. The van der Waals surface area contributed by atoms with Gasteiger partial charge in [0, 0.05) is 17.9 Å². The van der Waals surface area contributed by atoms with Gasteiger partial charge in [0.15, 0.2) is 0 Å². The summed E-state index contributed by atoms with van der Waals surface area (Å²) in [5.74, 6) is -0.380. The van der Waals surface area contributed by atoms with Crippen LogP contribution in [-0.4, -0.2) is 28.9 Å². The van der Waals surface area contributed by atoms with Gasteiger partial charge in [0.1, 0.15) is 5.69 Å². The van der Waals surface area contributed by atoms with Crippen LogP contribution < -0.4 is 11.1 Å². The largest absolute Gasteiger partial charge is 0.393 e. The van der Waals surface area contributed by atoms with E-state index in [1.54, 1.807) is 11.8 Å². The van der Waals surface area contributed by atoms with E-state index in [2.05, 4.69) is 12.2 Å². The second-order valence-electron chi connectivity index (χ2n) is 4.09. The SMILES string of the molecule is CS[C@@H](C)CCNC(=O)c1cccc([N+](=O)[O-])c1N. The third-order valence-electron chi connectivity index (χ3n) is 2.76. The number of hydrogen-bond donors (Lipinski definition) is 2. The van der Waals surface area contributed by atoms with Crippen LogP contribution in [0, 0.1) is 10.1 Å². The molecule has 0 saturated heterocycles. The van der Waals surface area contributed by atoms with E-state index in [4.69, 9.17) is 5.73 Å². The molecule has 1 aromatic carbocycles. The number of hydrogen-bond acceptors (Lipinski definition) is 5. The van der Waals surface area contributed by atoms with Gasteiger partial charge in [-0.2, -0.15) is 11.8 Å². The molecule has 1 amide bonds. The molecule has 0 radical (unpaired) electrons. The van der Waals surface area contributed by atoms with Gasteiger partial charge >= 0.3 is 0 Å². The van der Waals surface area contributed by atoms with Gasteiger partial charge in [-0.1, -0.05) is 13.0 Å². The minimum Gasteiger partial charge on any atom is -0.393 e. The first kappa shape index (κ1) is 15.3. The molecule has 6 nitrogen and oxygen atoms in total. The maximum absolute atomic E-state index is 11.9. The summed E-state index contributed by atoms with van der Waals surface area (Å²) in [6.07, 6.45) is 2.84. The molecule has 0 spiro atoms. The van der Waals surface area contributed by atoms with Gasteiger partial charge in [0.25, 0.3) is 11.6 Å². The van der Waals surface area contributed by atoms with Crippen molar-refractivity contribution in [3.63, 3.8) is 0 Å². The molecule has 1 rings (SSSR count). The molecular formula is C12H17N3O3S. The Morgan fingerprint density at radius 3 is 2.84 bits per heavy atom. The predicted molar refractivity (Wildman–Crippen MR) is 77.4 cm³/mol. The van der Waals surface area contributed by atoms with Gasteiger partial charge in [-0.15, -0.1) is 0 Å². The van der Waals surface area contributed by atoms with Crippen LogP contribution in [0.1, 0.15) is 23.7 Å². The van der Waals surface area contributed by atoms with Gasteiger partial charge < -0.3 is 11.1 Å². The zero-order valence-corrected chi connectivity index (χ0v) is 11.7. The summed E-state index contributed by atoms with van der Waals surface area (Å²) in [6.45, 7) is 2.58. The standard InChI is InChI=1S/C12H17N3O3S/c1-8(19-2)6-7-14-12(16)9-4-3-5-10(11(9)13)15(17)18/h3-5,8H,6-7,13H2,1-2H3,(H,14,16)/t8-/m0/s1. The van der Waals surface area contributed by atoms with Crippen LogP contribution in [0.3, 0.4) is 0 Å². The zero-order valence-electron chi connectivity index (χ0n) is 10.9. The number of amides is 1. The van der Waals surface area contributed by atoms with Gasteiger partial charge in [0.2, 0.25) is 0 Å². The fourth-order valence-electron chi connectivity index (χ4n) is 1.51. The third-order valence-corrected chi connectivity index (χ3v) is 3.80. The number of carbonyl (C=O) groups excluding carboxylic acids is 1. The fraction of sp³-hybridized carbons (Fsp3) is 0.417. The summed E-state index contributed by atoms with van der Waals surface area (Å²) in [5.41, 5.74) is 5.44. The molecule has 104 valence electrons. The molecule has 0 saturated carbocycles. The molecule has 3 N–H and O–H groups in total. The Morgan fingerprint density at radius 1 is 1.58 bits per heavy atom. The first-order valence-electron chi connectivity index (χ1n) is 5.81. The van der Waals surface area contributed by atoms with Crippen molar-refractivity contribution in [3.05, 3.63) is 33.9 Å². The summed E-state index contributed by atoms with van der Waals surface area (Å²) in [4.78, 5) is 22.0. The topological polar surface area (TPSA) is 98.3 Å². The second-order valence-corrected chi connectivity index (χ2v) is 5.36. The number of nitrogens with one attached hydrogen (secondary N) is 1. The van der Waals surface area contributed by atoms with Crippen LogP contribution in [0.4, 0.5) is 11.4 Å². The average molecular weight is 283 g/mol. The number of nitro groups is 1. The van der Waals surface area contributed by atoms with E-state index in [-0.39, 0.29) is 22.8 Å². The lowest BCUT2D eigenvalue weighted by Gasteiger charge is -2.10. The van der Waals surface area contributed by atoms with Crippen molar-refractivity contribution in [1.29, 1.82) is 0 Å². The molecule has 1 atom stereocenters. The van der Waals surface area contributed by atoms with Crippen molar-refractivity contribution in [2.24, 2.45) is 0 Å². The molecule has 0 fully saturated rings. The number of thioether (sulfide) groups is 1. The average Bonchev–Trinajstić information content (AvgIpc) is 2.38. The van der Waals surface area contributed by atoms with Crippen LogP contribution >= 0.6 is 11.8 Å². The van der Waals surface area contributed by atoms with E-state index in [1.165, 1.54) is 18.2 Å². The highest BCUT2D eigenvalue weighted by Crippen LogP contribution is 2.24. The quantitative estimate of drug-likeness (QED) is 0.473. The Morgan fingerprint density at radius 2 is 2.26 bits per heavy atom. The van der Waals surface area contributed by atoms with Gasteiger partial charge in [-0.3, -0.25) is 14.9 Å². The Kier molecular flexibility index (Phi) is 5.62. The minimum atomic E-state index is -0.595. The van der Waals surface area contributed by atoms with Crippen molar-refractivity contribution < 1.29 is 9.72 Å². The Hall–Kier alpha value is -1.76. The number of carbonyl (C=O) groups is 1. The van der Waals surface area contributed by atoms with Gasteiger partial charge in [0.05, 0.1) is 10.5 Å². The highest BCUT2D eigenvalue weighted by molar-refractivity contribution is 7.99. The number of nitrogen functional groups attached to an aromatic ring is 1. The van der Waals surface area contributed by atoms with Crippen molar-refractivity contribution in [3.8, 4) is 0 Å². The molecule has 0 aliphatic carbocycles. The molecule has 1 aromatic rings. The molecule has 0 aliphatic heterocycles. The van der Waals surface area contributed by atoms with E-state index in [0.717, 1.165) is 6.42 Å². The van der Waals surface area contributed by atoms with Crippen LogP contribution in [0.2, 0.25) is 0 Å². The molecule has 0 aromatic heterocycles. The minimum absolute atomic E-state index is 0.0945. The monoisotopic (exact) mass is 283 g/mol. The van der Waals surface area contributed by atoms with E-state index in [1.807, 2.05) is 6.26 Å². The normalized spacial score (nSPS) is 11.9. The smallest absolute Gasteiger partial charge is 0.292 e. The van der Waals surface area contributed by atoms with Crippen LogP contribution in [0.15, 0.2) is 18.2 Å². The maximum Gasteiger partial charge on any atom is 0.292 e. The Labute approximate surface area is 115 Å². The fourth-order valence-corrected chi connectivity index (χ4v) is 1.87. The predicted octanol–water partition coefficient (Wildman–Crippen LogP) is 2.05. The lowest BCUT2D eigenvalue weighted by Crippen LogP contribution is -2.27. The molecule has 0 aliphatic rings. The second kappa shape index (κ2) is 6.98. The van der Waals surface area contributed by atoms with Crippen molar-refractivity contribution in [2.75, 3.05) is 18.5 Å². The first-order valence-corrected chi connectivity index (χ1v) is 7.10. The number of benzene rings is 1. The summed E-state index contributed by atoms with van der Waals surface area (Å²) >= 11 is 1.72. The molecule has 19 heavy (non-hydrogen) atoms. The lowest BCUT2D eigenvalue weighted by molar-refractivity contribution is -0.383. The number of rotatable bonds is 6. The summed E-state index contributed by atoms with van der Waals surface area (Å²) in [5, 5.41) is 13.9. The van der Waals surface area contributed by atoms with E-state index in [0.29, 0.717) is 11.8 Å². The third kappa shape index (κ3) is 4.13. The van der Waals surface area contributed by atoms with E-state index < -0.39 is 4.92 Å². The number of anilines is 1. The van der Waals surface area contributed by atoms with Crippen LogP contribution in [0.25, 0.3) is 0 Å². The summed E-state index contributed by atoms with van der Waals surface area (Å²) < 4.78 is 0. The van der Waals surface area contributed by atoms with Gasteiger partial charge in [-0.25, -0.2) is 0 Å². The highest BCUT2D eigenvalue weighted by Gasteiger charge is 2.18. The first-order chi connectivity index (χ1) is 8.97.